The average Bonchev–Trinajstić information content (AvgIpc) is 3.21. The summed E-state index contributed by atoms with van der Waals surface area (Å²) in [6, 6.07) is 13.2. The number of ether oxygens (including phenoxy) is 1. The number of aromatic nitrogens is 1. The normalized spacial score (nSPS) is 17.4. The van der Waals surface area contributed by atoms with Crippen LogP contribution in [-0.4, -0.2) is 52.7 Å². The van der Waals surface area contributed by atoms with Crippen LogP contribution in [0.15, 0.2) is 47.8 Å². The van der Waals surface area contributed by atoms with Crippen LogP contribution in [0.25, 0.3) is 21.5 Å². The SMILES string of the molecule is O=C(O)[C@@H]1CN(C(=O)c2cc(-c3cccs3)nc3ccccc23)CCO1. The van der Waals surface area contributed by atoms with Crippen molar-refractivity contribution in [3.63, 3.8) is 0 Å². The van der Waals surface area contributed by atoms with Gasteiger partial charge in [0.2, 0.25) is 0 Å². The molecule has 7 heteroatoms. The number of benzene rings is 1. The highest BCUT2D eigenvalue weighted by Gasteiger charge is 2.30. The van der Waals surface area contributed by atoms with Gasteiger partial charge in [0.1, 0.15) is 0 Å². The van der Waals surface area contributed by atoms with E-state index in [1.807, 2.05) is 41.8 Å². The Bertz CT molecular complexity index is 971. The topological polar surface area (TPSA) is 79.7 Å². The first-order chi connectivity index (χ1) is 12.6. The number of carbonyl (C=O) groups is 2. The first-order valence-electron chi connectivity index (χ1n) is 8.21. The van der Waals surface area contributed by atoms with Gasteiger partial charge in [0.25, 0.3) is 5.91 Å². The average molecular weight is 368 g/mol. The molecule has 0 saturated carbocycles. The minimum absolute atomic E-state index is 0.0408. The molecule has 0 spiro atoms. The third kappa shape index (κ3) is 3.07. The monoisotopic (exact) mass is 368 g/mol. The van der Waals surface area contributed by atoms with E-state index in [2.05, 4.69) is 4.98 Å². The summed E-state index contributed by atoms with van der Waals surface area (Å²) in [7, 11) is 0. The summed E-state index contributed by atoms with van der Waals surface area (Å²) in [4.78, 5) is 31.6. The van der Waals surface area contributed by atoms with Crippen LogP contribution in [0.4, 0.5) is 0 Å². The summed E-state index contributed by atoms with van der Waals surface area (Å²) in [5.41, 5.74) is 2.01. The Morgan fingerprint density at radius 1 is 1.23 bits per heavy atom. The van der Waals surface area contributed by atoms with Crippen molar-refractivity contribution in [1.29, 1.82) is 0 Å². The van der Waals surface area contributed by atoms with E-state index in [9.17, 15) is 14.7 Å². The molecule has 1 aliphatic heterocycles. The summed E-state index contributed by atoms with van der Waals surface area (Å²) >= 11 is 1.56. The van der Waals surface area contributed by atoms with Gasteiger partial charge >= 0.3 is 5.97 Å². The number of carbonyl (C=O) groups excluding carboxylic acids is 1. The number of amides is 1. The van der Waals surface area contributed by atoms with Crippen molar-refractivity contribution < 1.29 is 19.4 Å². The lowest BCUT2D eigenvalue weighted by Crippen LogP contribution is -2.48. The summed E-state index contributed by atoms with van der Waals surface area (Å²) < 4.78 is 5.22. The molecule has 3 heterocycles. The van der Waals surface area contributed by atoms with E-state index in [1.54, 1.807) is 22.3 Å². The molecule has 1 fully saturated rings. The Hall–Kier alpha value is -2.77. The second kappa shape index (κ2) is 6.86. The number of morpholine rings is 1. The lowest BCUT2D eigenvalue weighted by Gasteiger charge is -2.31. The number of para-hydroxylation sites is 1. The van der Waals surface area contributed by atoms with Crippen LogP contribution in [0.5, 0.6) is 0 Å². The van der Waals surface area contributed by atoms with Crippen LogP contribution in [0.1, 0.15) is 10.4 Å². The lowest BCUT2D eigenvalue weighted by atomic mass is 10.1. The van der Waals surface area contributed by atoms with Crippen molar-refractivity contribution in [1.82, 2.24) is 9.88 Å². The van der Waals surface area contributed by atoms with Gasteiger partial charge in [-0.05, 0) is 23.6 Å². The Kier molecular flexibility index (Phi) is 4.40. The number of carboxylic acid groups (broad SMARTS) is 1. The minimum atomic E-state index is -1.05. The quantitative estimate of drug-likeness (QED) is 0.769. The number of nitrogens with zero attached hydrogens (tertiary/aromatic N) is 2. The zero-order chi connectivity index (χ0) is 18.1. The Balaban J connectivity index is 1.77. The van der Waals surface area contributed by atoms with E-state index in [0.29, 0.717) is 12.1 Å². The molecule has 2 aromatic heterocycles. The second-order valence-electron chi connectivity index (χ2n) is 6.00. The molecule has 1 amide bonds. The van der Waals surface area contributed by atoms with E-state index < -0.39 is 12.1 Å². The van der Waals surface area contributed by atoms with Gasteiger partial charge in [0.05, 0.1) is 34.8 Å². The van der Waals surface area contributed by atoms with E-state index in [4.69, 9.17) is 4.74 Å². The van der Waals surface area contributed by atoms with Crippen molar-refractivity contribution in [2.75, 3.05) is 19.7 Å². The van der Waals surface area contributed by atoms with Crippen LogP contribution in [0, 0.1) is 0 Å². The van der Waals surface area contributed by atoms with E-state index >= 15 is 0 Å². The molecule has 6 nitrogen and oxygen atoms in total. The molecule has 0 bridgehead atoms. The van der Waals surface area contributed by atoms with Crippen molar-refractivity contribution in [3.8, 4) is 10.6 Å². The zero-order valence-corrected chi connectivity index (χ0v) is 14.6. The second-order valence-corrected chi connectivity index (χ2v) is 6.95. The van der Waals surface area contributed by atoms with Gasteiger partial charge in [0, 0.05) is 11.9 Å². The van der Waals surface area contributed by atoms with Gasteiger partial charge in [-0.2, -0.15) is 0 Å². The van der Waals surface area contributed by atoms with Crippen LogP contribution in [0.2, 0.25) is 0 Å². The molecule has 0 radical (unpaired) electrons. The standard InChI is InChI=1S/C19H16N2O4S/c22-18(21-7-8-25-16(11-21)19(23)24)13-10-15(17-6-3-9-26-17)20-14-5-2-1-4-12(13)14/h1-6,9-10,16H,7-8,11H2,(H,23,24)/t16-/m0/s1. The third-order valence-electron chi connectivity index (χ3n) is 4.35. The van der Waals surface area contributed by atoms with Gasteiger partial charge in [-0.15, -0.1) is 11.3 Å². The van der Waals surface area contributed by atoms with Gasteiger partial charge in [0.15, 0.2) is 6.10 Å². The maximum atomic E-state index is 13.2. The fraction of sp³-hybridized carbons (Fsp3) is 0.211. The van der Waals surface area contributed by atoms with Gasteiger partial charge < -0.3 is 14.7 Å². The first-order valence-corrected chi connectivity index (χ1v) is 9.09. The van der Waals surface area contributed by atoms with Crippen molar-refractivity contribution in [2.24, 2.45) is 0 Å². The van der Waals surface area contributed by atoms with Crippen LogP contribution in [-0.2, 0) is 9.53 Å². The smallest absolute Gasteiger partial charge is 0.334 e. The zero-order valence-electron chi connectivity index (χ0n) is 13.8. The number of fused-ring (bicyclic) bond motifs is 1. The largest absolute Gasteiger partial charge is 0.479 e. The van der Waals surface area contributed by atoms with Crippen LogP contribution >= 0.6 is 11.3 Å². The molecular weight excluding hydrogens is 352 g/mol. The Morgan fingerprint density at radius 2 is 2.08 bits per heavy atom. The minimum Gasteiger partial charge on any atom is -0.479 e. The number of pyridine rings is 1. The van der Waals surface area contributed by atoms with Crippen molar-refractivity contribution in [2.45, 2.75) is 6.10 Å². The van der Waals surface area contributed by atoms with Crippen LogP contribution in [0.3, 0.4) is 0 Å². The van der Waals surface area contributed by atoms with E-state index in [-0.39, 0.29) is 19.1 Å². The summed E-state index contributed by atoms with van der Waals surface area (Å²) in [5, 5.41) is 11.9. The fourth-order valence-electron chi connectivity index (χ4n) is 3.06. The summed E-state index contributed by atoms with van der Waals surface area (Å²) in [6.45, 7) is 0.621. The van der Waals surface area contributed by atoms with Crippen molar-refractivity contribution >= 4 is 34.1 Å². The van der Waals surface area contributed by atoms with E-state index in [1.165, 1.54) is 0 Å². The van der Waals surface area contributed by atoms with Crippen molar-refractivity contribution in [3.05, 3.63) is 53.4 Å². The molecule has 1 saturated heterocycles. The number of hydrogen-bond acceptors (Lipinski definition) is 5. The fourth-order valence-corrected chi connectivity index (χ4v) is 3.74. The highest BCUT2D eigenvalue weighted by atomic mass is 32.1. The summed E-state index contributed by atoms with van der Waals surface area (Å²) in [5.74, 6) is -1.25. The van der Waals surface area contributed by atoms with Gasteiger partial charge in [-0.1, -0.05) is 24.3 Å². The maximum Gasteiger partial charge on any atom is 0.334 e. The highest BCUT2D eigenvalue weighted by Crippen LogP contribution is 2.28. The third-order valence-corrected chi connectivity index (χ3v) is 5.24. The predicted molar refractivity (Wildman–Crippen MR) is 98.3 cm³/mol. The molecular formula is C19H16N2O4S. The number of hydrogen-bond donors (Lipinski definition) is 1. The highest BCUT2D eigenvalue weighted by molar-refractivity contribution is 7.13. The molecule has 1 atom stereocenters. The first kappa shape index (κ1) is 16.7. The molecule has 0 unspecified atom stereocenters. The maximum absolute atomic E-state index is 13.2. The lowest BCUT2D eigenvalue weighted by molar-refractivity contribution is -0.154. The molecule has 1 aromatic carbocycles. The number of aliphatic carboxylic acids is 1. The predicted octanol–water partition coefficient (Wildman–Crippen LogP) is 2.89. The molecule has 4 rings (SSSR count). The van der Waals surface area contributed by atoms with Gasteiger partial charge in [-0.3, -0.25) is 4.79 Å². The number of carboxylic acids is 1. The Labute approximate surface area is 153 Å². The van der Waals surface area contributed by atoms with Gasteiger partial charge in [-0.25, -0.2) is 9.78 Å². The molecule has 3 aromatic rings. The molecule has 132 valence electrons. The number of rotatable bonds is 3. The summed E-state index contributed by atoms with van der Waals surface area (Å²) in [6.07, 6.45) is -0.988. The van der Waals surface area contributed by atoms with Crippen LogP contribution < -0.4 is 0 Å². The van der Waals surface area contributed by atoms with E-state index in [0.717, 1.165) is 21.5 Å². The molecule has 26 heavy (non-hydrogen) atoms. The molecule has 1 N–H and O–H groups in total. The Morgan fingerprint density at radius 3 is 2.85 bits per heavy atom. The number of thiophene rings is 1. The molecule has 0 aliphatic carbocycles. The molecule has 1 aliphatic rings.